The maximum absolute atomic E-state index is 15.6. The summed E-state index contributed by atoms with van der Waals surface area (Å²) in [5, 5.41) is 0.639. The number of halogens is 3. The Kier molecular flexibility index (Phi) is 9.83. The lowest BCUT2D eigenvalue weighted by atomic mass is 10.1. The number of hydrogen-bond acceptors (Lipinski definition) is 5. The number of aromatic nitrogens is 2. The van der Waals surface area contributed by atoms with Crippen LogP contribution in [-0.2, 0) is 13.0 Å². The lowest BCUT2D eigenvalue weighted by Gasteiger charge is -2.37. The molecule has 8 nitrogen and oxygen atoms in total. The molecule has 0 saturated carbocycles. The van der Waals surface area contributed by atoms with E-state index in [4.69, 9.17) is 9.47 Å². The largest absolute Gasteiger partial charge is 0.493 e. The molecule has 1 aliphatic heterocycles. The van der Waals surface area contributed by atoms with Gasteiger partial charge < -0.3 is 19.4 Å². The van der Waals surface area contributed by atoms with Gasteiger partial charge >= 0.3 is 6.03 Å². The molecule has 1 N–H and O–H groups in total. The van der Waals surface area contributed by atoms with Crippen molar-refractivity contribution in [2.45, 2.75) is 46.1 Å². The van der Waals surface area contributed by atoms with E-state index in [9.17, 15) is 9.18 Å². The Morgan fingerprint density at radius 3 is 2.42 bits per heavy atom. The minimum atomic E-state index is -1.07. The first kappa shape index (κ1) is 31.7. The number of amides is 2. The third kappa shape index (κ3) is 6.42. The van der Waals surface area contributed by atoms with Gasteiger partial charge in [0.05, 0.1) is 32.1 Å². The molecule has 3 heterocycles. The van der Waals surface area contributed by atoms with Gasteiger partial charge in [-0.15, -0.1) is 11.8 Å². The second-order valence-corrected chi connectivity index (χ2v) is 10.7. The van der Waals surface area contributed by atoms with E-state index in [-0.39, 0.29) is 25.2 Å². The zero-order chi connectivity index (χ0) is 32.1. The highest BCUT2D eigenvalue weighted by Gasteiger charge is 2.38. The summed E-state index contributed by atoms with van der Waals surface area (Å²) in [7, 11) is 2.47. The molecule has 5 rings (SSSR count). The number of carbonyl (C=O) groups excluding carboxylic acids is 1. The first-order valence-electron chi connectivity index (χ1n) is 15.0. The number of H-pyrrole nitrogens is 1. The van der Waals surface area contributed by atoms with E-state index in [2.05, 4.69) is 33.6 Å². The standard InChI is InChI=1S/C34H36F3N5O3.H2/c1-5-7-8-9-15-40(14-6-2)16-13-24-18-26-31-22(20-38-33(26)39-24)21-41(34(43)42(31)25-12-10-11-23(35)17-25)32-29(36)27(44-3)19-28(45-4)30(32)37;/h10-12,17-20H,5-6,9,13-16,21H2,1-4H3,(H,38,39);1H. The number of ether oxygens (including phenoxy) is 2. The van der Waals surface area contributed by atoms with Gasteiger partial charge in [0.15, 0.2) is 23.1 Å². The van der Waals surface area contributed by atoms with E-state index in [1.54, 1.807) is 12.3 Å². The molecule has 0 radical (unpaired) electrons. The Labute approximate surface area is 262 Å². The molecule has 45 heavy (non-hydrogen) atoms. The number of benzene rings is 2. The van der Waals surface area contributed by atoms with Crippen molar-refractivity contribution in [1.82, 2.24) is 14.9 Å². The smallest absolute Gasteiger partial charge is 0.334 e. The van der Waals surface area contributed by atoms with Gasteiger partial charge in [0.1, 0.15) is 17.2 Å². The summed E-state index contributed by atoms with van der Waals surface area (Å²) < 4.78 is 56.0. The van der Waals surface area contributed by atoms with Crippen LogP contribution < -0.4 is 19.3 Å². The quantitative estimate of drug-likeness (QED) is 0.175. The van der Waals surface area contributed by atoms with Gasteiger partial charge in [-0.05, 0) is 37.2 Å². The number of hydrogen-bond donors (Lipinski definition) is 1. The molecule has 0 fully saturated rings. The number of methoxy groups -OCH3 is 2. The Bertz CT molecular complexity index is 1740. The van der Waals surface area contributed by atoms with Crippen LogP contribution in [-0.4, -0.2) is 54.8 Å². The van der Waals surface area contributed by atoms with Gasteiger partial charge in [0, 0.05) is 62.7 Å². The van der Waals surface area contributed by atoms with E-state index in [1.165, 1.54) is 37.3 Å². The maximum Gasteiger partial charge on any atom is 0.334 e. The topological polar surface area (TPSA) is 73.9 Å². The van der Waals surface area contributed by atoms with E-state index >= 15 is 8.78 Å². The zero-order valence-corrected chi connectivity index (χ0v) is 25.8. The molecule has 0 atom stereocenters. The highest BCUT2D eigenvalue weighted by Crippen LogP contribution is 2.44. The summed E-state index contributed by atoms with van der Waals surface area (Å²) in [6, 6.07) is 7.74. The van der Waals surface area contributed by atoms with Crippen LogP contribution in [0.5, 0.6) is 11.5 Å². The summed E-state index contributed by atoms with van der Waals surface area (Å²) in [6.07, 6.45) is 4.92. The second-order valence-electron chi connectivity index (χ2n) is 10.7. The van der Waals surface area contributed by atoms with Crippen LogP contribution in [0.4, 0.5) is 35.0 Å². The summed E-state index contributed by atoms with van der Waals surface area (Å²) in [6.45, 7) is 6.59. The third-order valence-electron chi connectivity index (χ3n) is 7.71. The molecule has 0 saturated heterocycles. The number of pyridine rings is 1. The van der Waals surface area contributed by atoms with Crippen LogP contribution in [0.3, 0.4) is 0 Å². The van der Waals surface area contributed by atoms with Crippen molar-refractivity contribution >= 4 is 34.1 Å². The van der Waals surface area contributed by atoms with Gasteiger partial charge in [-0.3, -0.25) is 9.80 Å². The zero-order valence-electron chi connectivity index (χ0n) is 25.8. The first-order chi connectivity index (χ1) is 21.8. The van der Waals surface area contributed by atoms with Crippen LogP contribution in [0, 0.1) is 29.3 Å². The van der Waals surface area contributed by atoms with Crippen LogP contribution in [0.15, 0.2) is 42.6 Å². The first-order valence-corrected chi connectivity index (χ1v) is 15.0. The molecule has 0 aliphatic carbocycles. The molecule has 11 heteroatoms. The van der Waals surface area contributed by atoms with Crippen LogP contribution in [0.25, 0.3) is 11.0 Å². The molecule has 0 bridgehead atoms. The fraction of sp³-hybridized carbons (Fsp3) is 0.353. The van der Waals surface area contributed by atoms with Crippen molar-refractivity contribution in [2.75, 3.05) is 43.7 Å². The minimum absolute atomic E-state index is 0. The SMILES string of the molecule is CCC#CCCN(CCC)CCc1cc2c3c(cnc2[nH]1)CN(c1c(F)c(OC)cc(OC)c1F)C(=O)N3c1cccc(F)c1.[HH]. The molecule has 0 unspecified atom stereocenters. The number of nitrogens with zero attached hydrogens (tertiary/aromatic N) is 4. The number of nitrogens with one attached hydrogen (secondary N) is 1. The van der Waals surface area contributed by atoms with Gasteiger partial charge in [-0.25, -0.2) is 22.9 Å². The Morgan fingerprint density at radius 2 is 1.76 bits per heavy atom. The van der Waals surface area contributed by atoms with E-state index in [0.717, 1.165) is 55.6 Å². The van der Waals surface area contributed by atoms with Crippen molar-refractivity contribution in [3.8, 4) is 23.3 Å². The van der Waals surface area contributed by atoms with Crippen LogP contribution in [0.1, 0.15) is 45.8 Å². The molecule has 1 aliphatic rings. The molecule has 2 aromatic heterocycles. The molecule has 238 valence electrons. The molecular weight excluding hydrogens is 583 g/mol. The van der Waals surface area contributed by atoms with E-state index in [1.807, 2.05) is 13.0 Å². The lowest BCUT2D eigenvalue weighted by molar-refractivity contribution is 0.251. The number of urea groups is 1. The fourth-order valence-corrected chi connectivity index (χ4v) is 5.62. The molecule has 0 spiro atoms. The van der Waals surface area contributed by atoms with Crippen molar-refractivity contribution < 1.29 is 28.9 Å². The normalized spacial score (nSPS) is 12.8. The number of aromatic amines is 1. The Balaban J connectivity index is 0.00000480. The third-order valence-corrected chi connectivity index (χ3v) is 7.71. The van der Waals surface area contributed by atoms with Crippen molar-refractivity contribution in [2.24, 2.45) is 0 Å². The highest BCUT2D eigenvalue weighted by molar-refractivity contribution is 6.15. The predicted molar refractivity (Wildman–Crippen MR) is 171 cm³/mol. The van der Waals surface area contributed by atoms with Crippen LogP contribution >= 0.6 is 0 Å². The Morgan fingerprint density at radius 1 is 1.00 bits per heavy atom. The second kappa shape index (κ2) is 13.9. The van der Waals surface area contributed by atoms with Crippen LogP contribution in [0.2, 0.25) is 0 Å². The average molecular weight is 622 g/mol. The van der Waals surface area contributed by atoms with Gasteiger partial charge in [-0.2, -0.15) is 0 Å². The fourth-order valence-electron chi connectivity index (χ4n) is 5.62. The monoisotopic (exact) mass is 621 g/mol. The lowest BCUT2D eigenvalue weighted by Crippen LogP contribution is -2.46. The molecule has 2 amide bonds. The Hall–Kier alpha value is -4.69. The van der Waals surface area contributed by atoms with Crippen molar-refractivity contribution in [3.63, 3.8) is 0 Å². The predicted octanol–water partition coefficient (Wildman–Crippen LogP) is 7.58. The van der Waals surface area contributed by atoms with E-state index in [0.29, 0.717) is 28.7 Å². The number of anilines is 3. The maximum atomic E-state index is 15.6. The average Bonchev–Trinajstić information content (AvgIpc) is 3.46. The summed E-state index contributed by atoms with van der Waals surface area (Å²) in [5.74, 6) is 3.03. The van der Waals surface area contributed by atoms with Gasteiger partial charge in [-0.1, -0.05) is 19.9 Å². The summed E-state index contributed by atoms with van der Waals surface area (Å²) in [5.41, 5.74) is 1.99. The number of fused-ring (bicyclic) bond motifs is 3. The molecule has 4 aromatic rings. The van der Waals surface area contributed by atoms with E-state index < -0.39 is 29.2 Å². The van der Waals surface area contributed by atoms with Crippen molar-refractivity contribution in [1.29, 1.82) is 0 Å². The number of carbonyl (C=O) groups is 1. The molecule has 2 aromatic carbocycles. The molecular formula is C34H38F3N5O3. The van der Waals surface area contributed by atoms with Gasteiger partial charge in [0.2, 0.25) is 0 Å². The highest BCUT2D eigenvalue weighted by atomic mass is 19.1. The minimum Gasteiger partial charge on any atom is -0.493 e. The van der Waals surface area contributed by atoms with Crippen molar-refractivity contribution in [3.05, 3.63) is 71.3 Å². The number of rotatable bonds is 11. The van der Waals surface area contributed by atoms with Gasteiger partial charge in [0.25, 0.3) is 0 Å². The summed E-state index contributed by atoms with van der Waals surface area (Å²) >= 11 is 0. The summed E-state index contributed by atoms with van der Waals surface area (Å²) in [4.78, 5) is 26.8.